The summed E-state index contributed by atoms with van der Waals surface area (Å²) >= 11 is 0. The van der Waals surface area contributed by atoms with Crippen LogP contribution in [-0.4, -0.2) is 34.5 Å². The third-order valence-corrected chi connectivity index (χ3v) is 4.49. The molecule has 2 aromatic rings. The number of allylic oxidation sites excluding steroid dienone is 1. The van der Waals surface area contributed by atoms with Gasteiger partial charge in [0.2, 0.25) is 0 Å². The van der Waals surface area contributed by atoms with Crippen molar-refractivity contribution in [2.24, 2.45) is 0 Å². The number of carbonyl (C=O) groups is 2. The second-order valence-corrected chi connectivity index (χ2v) is 6.46. The molecule has 6 heteroatoms. The number of hydrogen-bond acceptors (Lipinski definition) is 5. The van der Waals surface area contributed by atoms with Crippen LogP contribution in [0.1, 0.15) is 49.4 Å². The van der Waals surface area contributed by atoms with Crippen molar-refractivity contribution in [1.82, 2.24) is 15.3 Å². The van der Waals surface area contributed by atoms with Crippen LogP contribution in [-0.2, 0) is 9.53 Å². The summed E-state index contributed by atoms with van der Waals surface area (Å²) in [6, 6.07) is 4.95. The van der Waals surface area contributed by atoms with Crippen molar-refractivity contribution in [2.75, 3.05) is 6.54 Å². The summed E-state index contributed by atoms with van der Waals surface area (Å²) in [7, 11) is 0. The molecule has 1 amide bonds. The fourth-order valence-corrected chi connectivity index (χ4v) is 2.99. The zero-order valence-corrected chi connectivity index (χ0v) is 14.9. The molecule has 0 spiro atoms. The van der Waals surface area contributed by atoms with Crippen molar-refractivity contribution in [1.29, 1.82) is 0 Å². The predicted molar refractivity (Wildman–Crippen MR) is 98.6 cm³/mol. The zero-order valence-electron chi connectivity index (χ0n) is 14.9. The Hall–Kier alpha value is -2.76. The average Bonchev–Trinajstić information content (AvgIpc) is 2.68. The molecule has 1 heterocycles. The second kappa shape index (κ2) is 8.56. The van der Waals surface area contributed by atoms with Gasteiger partial charge in [0.05, 0.1) is 16.6 Å². The third kappa shape index (κ3) is 4.65. The predicted octanol–water partition coefficient (Wildman–Crippen LogP) is 3.18. The quantitative estimate of drug-likeness (QED) is 0.637. The first-order chi connectivity index (χ1) is 12.6. The summed E-state index contributed by atoms with van der Waals surface area (Å²) in [6.07, 6.45) is 10.2. The van der Waals surface area contributed by atoms with Crippen LogP contribution in [0.5, 0.6) is 0 Å². The van der Waals surface area contributed by atoms with Crippen molar-refractivity contribution in [3.05, 3.63) is 47.8 Å². The number of amides is 1. The maximum absolute atomic E-state index is 12.3. The van der Waals surface area contributed by atoms with Crippen LogP contribution in [0.3, 0.4) is 0 Å². The number of nitrogens with zero attached hydrogens (tertiary/aromatic N) is 2. The molecule has 0 bridgehead atoms. The summed E-state index contributed by atoms with van der Waals surface area (Å²) in [5.74, 6) is -0.828. The molecule has 1 aliphatic rings. The van der Waals surface area contributed by atoms with Gasteiger partial charge in [-0.1, -0.05) is 11.6 Å². The Balaban J connectivity index is 1.50. The number of esters is 1. The molecule has 1 atom stereocenters. The van der Waals surface area contributed by atoms with E-state index in [0.29, 0.717) is 23.1 Å². The topological polar surface area (TPSA) is 81.2 Å². The molecular formula is C20H23N3O3. The van der Waals surface area contributed by atoms with Gasteiger partial charge < -0.3 is 10.1 Å². The minimum absolute atomic E-state index is 0.282. The number of aromatic nitrogens is 2. The first-order valence-electron chi connectivity index (χ1n) is 9.01. The highest BCUT2D eigenvalue weighted by atomic mass is 16.5. The van der Waals surface area contributed by atoms with Gasteiger partial charge >= 0.3 is 5.97 Å². The van der Waals surface area contributed by atoms with Crippen LogP contribution in [0.4, 0.5) is 0 Å². The van der Waals surface area contributed by atoms with Crippen molar-refractivity contribution in [3.63, 3.8) is 0 Å². The van der Waals surface area contributed by atoms with E-state index >= 15 is 0 Å². The molecule has 0 aliphatic heterocycles. The molecular weight excluding hydrogens is 330 g/mol. The lowest BCUT2D eigenvalue weighted by atomic mass is 9.97. The van der Waals surface area contributed by atoms with Gasteiger partial charge in [-0.3, -0.25) is 14.8 Å². The smallest absolute Gasteiger partial charge is 0.338 e. The fourth-order valence-electron chi connectivity index (χ4n) is 2.99. The van der Waals surface area contributed by atoms with Crippen molar-refractivity contribution >= 4 is 22.9 Å². The van der Waals surface area contributed by atoms with E-state index in [2.05, 4.69) is 21.4 Å². The molecule has 0 unspecified atom stereocenters. The van der Waals surface area contributed by atoms with Crippen molar-refractivity contribution in [2.45, 2.75) is 45.1 Å². The Morgan fingerprint density at radius 3 is 2.77 bits per heavy atom. The number of fused-ring (bicyclic) bond motifs is 1. The number of rotatable bonds is 6. The summed E-state index contributed by atoms with van der Waals surface area (Å²) in [5, 5.41) is 2.84. The maximum atomic E-state index is 12.3. The van der Waals surface area contributed by atoms with Crippen molar-refractivity contribution in [3.8, 4) is 0 Å². The summed E-state index contributed by atoms with van der Waals surface area (Å²) in [5.41, 5.74) is 3.06. The van der Waals surface area contributed by atoms with Gasteiger partial charge in [0.1, 0.15) is 0 Å². The highest BCUT2D eigenvalue weighted by molar-refractivity contribution is 5.95. The standard InChI is InChI=1S/C20H23N3O3/c1-14(19(24)23-10-9-15-5-3-2-4-6-15)26-20(25)16-7-8-17-18(13-16)22-12-11-21-17/h5,7-8,11-14H,2-4,6,9-10H2,1H3,(H,23,24)/t14-/m0/s1. The molecule has 0 saturated heterocycles. The first kappa shape index (κ1) is 18.0. The Bertz CT molecular complexity index is 832. The number of ether oxygens (including phenoxy) is 1. The van der Waals surface area contributed by atoms with Crippen LogP contribution >= 0.6 is 0 Å². The van der Waals surface area contributed by atoms with Gasteiger partial charge in [0.25, 0.3) is 5.91 Å². The zero-order chi connectivity index (χ0) is 18.4. The highest BCUT2D eigenvalue weighted by Crippen LogP contribution is 2.19. The van der Waals surface area contributed by atoms with E-state index in [4.69, 9.17) is 4.74 Å². The summed E-state index contributed by atoms with van der Waals surface area (Å²) in [6.45, 7) is 2.14. The van der Waals surface area contributed by atoms with E-state index in [1.54, 1.807) is 37.5 Å². The normalized spacial score (nSPS) is 15.2. The molecule has 0 fully saturated rings. The van der Waals surface area contributed by atoms with Gasteiger partial charge in [-0.15, -0.1) is 0 Å². The molecule has 1 aromatic carbocycles. The van der Waals surface area contributed by atoms with E-state index < -0.39 is 12.1 Å². The first-order valence-corrected chi connectivity index (χ1v) is 9.01. The second-order valence-electron chi connectivity index (χ2n) is 6.46. The maximum Gasteiger partial charge on any atom is 0.338 e. The molecule has 0 saturated carbocycles. The Kier molecular flexibility index (Phi) is 5.94. The molecule has 26 heavy (non-hydrogen) atoms. The lowest BCUT2D eigenvalue weighted by Crippen LogP contribution is -2.36. The highest BCUT2D eigenvalue weighted by Gasteiger charge is 2.19. The van der Waals surface area contributed by atoms with Crippen molar-refractivity contribution < 1.29 is 14.3 Å². The molecule has 1 aliphatic carbocycles. The van der Waals surface area contributed by atoms with Crippen LogP contribution in [0, 0.1) is 0 Å². The lowest BCUT2D eigenvalue weighted by Gasteiger charge is -2.15. The molecule has 3 rings (SSSR count). The van der Waals surface area contributed by atoms with E-state index in [1.165, 1.54) is 18.4 Å². The Morgan fingerprint density at radius 1 is 1.19 bits per heavy atom. The monoisotopic (exact) mass is 353 g/mol. The Labute approximate surface area is 152 Å². The SMILES string of the molecule is C[C@H](OC(=O)c1ccc2nccnc2c1)C(=O)NCCC1=CCCCC1. The minimum Gasteiger partial charge on any atom is -0.449 e. The van der Waals surface area contributed by atoms with Crippen LogP contribution < -0.4 is 5.32 Å². The molecule has 136 valence electrons. The van der Waals surface area contributed by atoms with Gasteiger partial charge in [-0.2, -0.15) is 0 Å². The number of hydrogen-bond donors (Lipinski definition) is 1. The van der Waals surface area contributed by atoms with Gasteiger partial charge in [-0.05, 0) is 57.2 Å². The molecule has 1 aromatic heterocycles. The van der Waals surface area contributed by atoms with Gasteiger partial charge in [0.15, 0.2) is 6.10 Å². The average molecular weight is 353 g/mol. The van der Waals surface area contributed by atoms with Gasteiger partial charge in [0, 0.05) is 18.9 Å². The largest absolute Gasteiger partial charge is 0.449 e. The molecule has 0 radical (unpaired) electrons. The lowest BCUT2D eigenvalue weighted by molar-refractivity contribution is -0.129. The Morgan fingerprint density at radius 2 is 2.00 bits per heavy atom. The van der Waals surface area contributed by atoms with E-state index in [-0.39, 0.29) is 5.91 Å². The fraction of sp³-hybridized carbons (Fsp3) is 0.400. The minimum atomic E-state index is -0.847. The summed E-state index contributed by atoms with van der Waals surface area (Å²) < 4.78 is 5.28. The van der Waals surface area contributed by atoms with Gasteiger partial charge in [-0.25, -0.2) is 4.79 Å². The van der Waals surface area contributed by atoms with Crippen LogP contribution in [0.25, 0.3) is 11.0 Å². The summed E-state index contributed by atoms with van der Waals surface area (Å²) in [4.78, 5) is 32.7. The van der Waals surface area contributed by atoms with E-state index in [9.17, 15) is 9.59 Å². The molecule has 6 nitrogen and oxygen atoms in total. The van der Waals surface area contributed by atoms with Crippen LogP contribution in [0.15, 0.2) is 42.2 Å². The van der Waals surface area contributed by atoms with E-state index in [1.807, 2.05) is 0 Å². The number of nitrogens with one attached hydrogen (secondary N) is 1. The van der Waals surface area contributed by atoms with Crippen LogP contribution in [0.2, 0.25) is 0 Å². The van der Waals surface area contributed by atoms with E-state index in [0.717, 1.165) is 19.3 Å². The molecule has 1 N–H and O–H groups in total. The number of carbonyl (C=O) groups excluding carboxylic acids is 2. The number of benzene rings is 1. The third-order valence-electron chi connectivity index (χ3n) is 4.49.